The van der Waals surface area contributed by atoms with E-state index in [2.05, 4.69) is 15.6 Å². The number of aromatic nitrogens is 3. The molecule has 108 valence electrons. The number of hydrogen-bond acceptors (Lipinski definition) is 5. The van der Waals surface area contributed by atoms with Gasteiger partial charge in [-0.05, 0) is 26.7 Å². The van der Waals surface area contributed by atoms with E-state index < -0.39 is 5.91 Å². The number of nitrogens with zero attached hydrogens (tertiary/aromatic N) is 4. The molecule has 0 aromatic carbocycles. The van der Waals surface area contributed by atoms with Gasteiger partial charge in [-0.3, -0.25) is 9.48 Å². The Kier molecular flexibility index (Phi) is 3.22. The van der Waals surface area contributed by atoms with Gasteiger partial charge in [0.25, 0.3) is 5.91 Å². The quantitative estimate of drug-likeness (QED) is 0.930. The van der Waals surface area contributed by atoms with Gasteiger partial charge < -0.3 is 9.84 Å². The summed E-state index contributed by atoms with van der Waals surface area (Å²) in [5.74, 6) is 0.352. The maximum atomic E-state index is 12.1. The molecule has 0 aliphatic heterocycles. The van der Waals surface area contributed by atoms with Crippen molar-refractivity contribution in [2.75, 3.05) is 5.32 Å². The Labute approximate surface area is 121 Å². The number of nitriles is 1. The zero-order valence-electron chi connectivity index (χ0n) is 11.8. The maximum Gasteiger partial charge on any atom is 0.295 e. The van der Waals surface area contributed by atoms with Gasteiger partial charge in [0.1, 0.15) is 11.6 Å². The number of carbonyl (C=O) groups is 1. The number of anilines is 1. The Hall–Kier alpha value is -2.62. The van der Waals surface area contributed by atoms with E-state index in [1.807, 2.05) is 19.9 Å². The molecule has 1 fully saturated rings. The largest absolute Gasteiger partial charge is 0.351 e. The smallest absolute Gasteiger partial charge is 0.295 e. The number of hydrogen-bond donors (Lipinski definition) is 1. The molecule has 2 aromatic rings. The minimum Gasteiger partial charge on any atom is -0.351 e. The van der Waals surface area contributed by atoms with Gasteiger partial charge in [0.15, 0.2) is 5.82 Å². The van der Waals surface area contributed by atoms with Crippen molar-refractivity contribution >= 4 is 11.7 Å². The summed E-state index contributed by atoms with van der Waals surface area (Å²) >= 11 is 0. The van der Waals surface area contributed by atoms with Crippen LogP contribution < -0.4 is 5.32 Å². The van der Waals surface area contributed by atoms with Gasteiger partial charge in [0.2, 0.25) is 5.76 Å². The highest BCUT2D eigenvalue weighted by molar-refractivity contribution is 6.02. The lowest BCUT2D eigenvalue weighted by Gasteiger charge is -2.03. The highest BCUT2D eigenvalue weighted by Gasteiger charge is 2.28. The summed E-state index contributed by atoms with van der Waals surface area (Å²) in [7, 11) is 0. The molecule has 1 N–H and O–H groups in total. The zero-order chi connectivity index (χ0) is 15.0. The van der Waals surface area contributed by atoms with Crippen molar-refractivity contribution in [3.8, 4) is 6.07 Å². The van der Waals surface area contributed by atoms with Crippen LogP contribution in [0, 0.1) is 11.3 Å². The summed E-state index contributed by atoms with van der Waals surface area (Å²) in [6.07, 6.45) is 3.78. The summed E-state index contributed by atoms with van der Waals surface area (Å²) in [5.41, 5.74) is 1.13. The first-order valence-corrected chi connectivity index (χ1v) is 6.85. The fourth-order valence-electron chi connectivity index (χ4n) is 1.97. The van der Waals surface area contributed by atoms with Crippen LogP contribution in [-0.4, -0.2) is 20.8 Å². The predicted molar refractivity (Wildman–Crippen MR) is 73.8 cm³/mol. The second-order valence-corrected chi connectivity index (χ2v) is 5.42. The topological polar surface area (TPSA) is 96.7 Å². The highest BCUT2D eigenvalue weighted by Crippen LogP contribution is 2.39. The molecule has 0 radical (unpaired) electrons. The minimum absolute atomic E-state index is 0.106. The van der Waals surface area contributed by atoms with Crippen molar-refractivity contribution in [1.29, 1.82) is 5.26 Å². The monoisotopic (exact) mass is 285 g/mol. The van der Waals surface area contributed by atoms with E-state index in [-0.39, 0.29) is 17.6 Å². The molecule has 3 rings (SSSR count). The first kappa shape index (κ1) is 13.4. The van der Waals surface area contributed by atoms with E-state index in [1.165, 1.54) is 0 Å². The van der Waals surface area contributed by atoms with Crippen LogP contribution in [0.1, 0.15) is 60.5 Å². The van der Waals surface area contributed by atoms with Gasteiger partial charge in [-0.15, -0.1) is 0 Å². The zero-order valence-corrected chi connectivity index (χ0v) is 11.8. The number of carbonyl (C=O) groups excluding carboxylic acids is 1. The summed E-state index contributed by atoms with van der Waals surface area (Å²) in [6, 6.07) is 3.77. The average Bonchev–Trinajstić information content (AvgIpc) is 3.03. The van der Waals surface area contributed by atoms with E-state index in [9.17, 15) is 4.79 Å². The molecule has 1 saturated carbocycles. The standard InChI is InChI=1S/C14H15N5O2/c1-8(2)19-7-10(6-15)13(17-19)16-14(20)12-5-11(18-21-12)9-3-4-9/h5,7-9H,3-4H2,1-2H3,(H,16,17,20). The lowest BCUT2D eigenvalue weighted by Crippen LogP contribution is -2.13. The molecule has 1 aliphatic rings. The van der Waals surface area contributed by atoms with Crippen molar-refractivity contribution in [3.05, 3.63) is 29.3 Å². The lowest BCUT2D eigenvalue weighted by molar-refractivity contribution is 0.0987. The normalized spacial score (nSPS) is 14.2. The van der Waals surface area contributed by atoms with Gasteiger partial charge in [-0.25, -0.2) is 0 Å². The summed E-state index contributed by atoms with van der Waals surface area (Å²) < 4.78 is 6.68. The van der Waals surface area contributed by atoms with Crippen LogP contribution in [-0.2, 0) is 0 Å². The third kappa shape index (κ3) is 2.65. The Morgan fingerprint density at radius 1 is 1.57 bits per heavy atom. The third-order valence-corrected chi connectivity index (χ3v) is 3.36. The predicted octanol–water partition coefficient (Wildman–Crippen LogP) is 2.45. The van der Waals surface area contributed by atoms with E-state index in [0.29, 0.717) is 11.5 Å². The highest BCUT2D eigenvalue weighted by atomic mass is 16.5. The van der Waals surface area contributed by atoms with Gasteiger partial charge in [0.05, 0.1) is 5.69 Å². The molecule has 0 saturated heterocycles. The van der Waals surface area contributed by atoms with Crippen molar-refractivity contribution in [3.63, 3.8) is 0 Å². The van der Waals surface area contributed by atoms with E-state index in [1.54, 1.807) is 16.9 Å². The molecular formula is C14H15N5O2. The van der Waals surface area contributed by atoms with Crippen LogP contribution in [0.2, 0.25) is 0 Å². The molecule has 0 unspecified atom stereocenters. The molecule has 7 heteroatoms. The fourth-order valence-corrected chi connectivity index (χ4v) is 1.97. The summed E-state index contributed by atoms with van der Waals surface area (Å²) in [6.45, 7) is 3.89. The number of nitrogens with one attached hydrogen (secondary N) is 1. The van der Waals surface area contributed by atoms with E-state index >= 15 is 0 Å². The molecule has 0 spiro atoms. The van der Waals surface area contributed by atoms with Crippen molar-refractivity contribution in [2.24, 2.45) is 0 Å². The second-order valence-electron chi connectivity index (χ2n) is 5.42. The summed E-state index contributed by atoms with van der Waals surface area (Å²) in [4.78, 5) is 12.1. The van der Waals surface area contributed by atoms with Crippen LogP contribution >= 0.6 is 0 Å². The van der Waals surface area contributed by atoms with Crippen LogP contribution in [0.5, 0.6) is 0 Å². The number of rotatable bonds is 4. The molecule has 0 bridgehead atoms. The fraction of sp³-hybridized carbons (Fsp3) is 0.429. The van der Waals surface area contributed by atoms with Crippen LogP contribution in [0.3, 0.4) is 0 Å². The molecule has 2 heterocycles. The Balaban J connectivity index is 1.78. The van der Waals surface area contributed by atoms with E-state index in [0.717, 1.165) is 18.5 Å². The maximum absolute atomic E-state index is 12.1. The Bertz CT molecular complexity index is 718. The lowest BCUT2D eigenvalue weighted by atomic mass is 10.2. The van der Waals surface area contributed by atoms with Crippen molar-refractivity contribution < 1.29 is 9.32 Å². The van der Waals surface area contributed by atoms with E-state index in [4.69, 9.17) is 9.78 Å². The van der Waals surface area contributed by atoms with Crippen molar-refractivity contribution in [1.82, 2.24) is 14.9 Å². The van der Waals surface area contributed by atoms with Crippen LogP contribution in [0.25, 0.3) is 0 Å². The number of amides is 1. The molecule has 21 heavy (non-hydrogen) atoms. The Morgan fingerprint density at radius 3 is 2.95 bits per heavy atom. The second kappa shape index (κ2) is 5.05. The summed E-state index contributed by atoms with van der Waals surface area (Å²) in [5, 5.41) is 19.8. The molecule has 0 atom stereocenters. The first-order valence-electron chi connectivity index (χ1n) is 6.85. The molecule has 7 nitrogen and oxygen atoms in total. The van der Waals surface area contributed by atoms with Crippen LogP contribution in [0.4, 0.5) is 5.82 Å². The first-order chi connectivity index (χ1) is 10.1. The average molecular weight is 285 g/mol. The molecule has 2 aromatic heterocycles. The van der Waals surface area contributed by atoms with Crippen molar-refractivity contribution in [2.45, 2.75) is 38.6 Å². The van der Waals surface area contributed by atoms with Crippen LogP contribution in [0.15, 0.2) is 16.8 Å². The SMILES string of the molecule is CC(C)n1cc(C#N)c(NC(=O)c2cc(C3CC3)no2)n1. The van der Waals surface area contributed by atoms with Gasteiger partial charge in [-0.2, -0.15) is 10.4 Å². The van der Waals surface area contributed by atoms with Gasteiger partial charge >= 0.3 is 0 Å². The third-order valence-electron chi connectivity index (χ3n) is 3.36. The Morgan fingerprint density at radius 2 is 2.33 bits per heavy atom. The van der Waals surface area contributed by atoms with Gasteiger partial charge in [0, 0.05) is 24.2 Å². The molecular weight excluding hydrogens is 270 g/mol. The van der Waals surface area contributed by atoms with Gasteiger partial charge in [-0.1, -0.05) is 5.16 Å². The molecule has 1 amide bonds. The minimum atomic E-state index is -0.445. The molecule has 1 aliphatic carbocycles.